The zero-order valence-corrected chi connectivity index (χ0v) is 32.5. The summed E-state index contributed by atoms with van der Waals surface area (Å²) in [7, 11) is 0. The van der Waals surface area contributed by atoms with Crippen LogP contribution < -0.4 is 5.32 Å². The molecule has 0 radical (unpaired) electrons. The van der Waals surface area contributed by atoms with Crippen molar-refractivity contribution in [3.05, 3.63) is 60.8 Å². The topological polar surface area (TPSA) is 95.9 Å². The van der Waals surface area contributed by atoms with Gasteiger partial charge in [0, 0.05) is 6.42 Å². The van der Waals surface area contributed by atoms with Crippen molar-refractivity contribution in [3.8, 4) is 0 Å². The molecule has 6 heteroatoms. The zero-order chi connectivity index (χ0) is 36.8. The molecule has 0 fully saturated rings. The van der Waals surface area contributed by atoms with Crippen LogP contribution in [0.15, 0.2) is 60.8 Å². The number of nitrogens with one attached hydrogen (secondary N) is 1. The number of aliphatic hydroxyl groups is 2. The SMILES string of the molecule is CC/C=C/C=C/C=C\C=C/CCCCCC(=O)OC(CCCCC/C=C\CCC)CC(=O)NC(CO)C(O)CCCCCCCCCCCC. The van der Waals surface area contributed by atoms with Crippen molar-refractivity contribution in [1.29, 1.82) is 0 Å². The van der Waals surface area contributed by atoms with Gasteiger partial charge in [0.05, 0.1) is 25.2 Å². The summed E-state index contributed by atoms with van der Waals surface area (Å²) in [5.41, 5.74) is 0. The monoisotopic (exact) mass is 700 g/mol. The Morgan fingerprint density at radius 2 is 1.14 bits per heavy atom. The molecule has 0 aliphatic heterocycles. The molecule has 0 aromatic carbocycles. The van der Waals surface area contributed by atoms with Crippen molar-refractivity contribution in [2.45, 2.75) is 200 Å². The van der Waals surface area contributed by atoms with Gasteiger partial charge in [0.1, 0.15) is 6.10 Å². The largest absolute Gasteiger partial charge is 0.462 e. The molecule has 0 saturated carbocycles. The Bertz CT molecular complexity index is 921. The molecule has 50 heavy (non-hydrogen) atoms. The number of ether oxygens (including phenoxy) is 1. The first-order chi connectivity index (χ1) is 24.5. The van der Waals surface area contributed by atoms with Crippen molar-refractivity contribution in [3.63, 3.8) is 0 Å². The molecule has 288 valence electrons. The Morgan fingerprint density at radius 3 is 1.78 bits per heavy atom. The number of carbonyl (C=O) groups excluding carboxylic acids is 2. The lowest BCUT2D eigenvalue weighted by Gasteiger charge is -2.24. The molecule has 3 N–H and O–H groups in total. The van der Waals surface area contributed by atoms with Gasteiger partial charge < -0.3 is 20.3 Å². The van der Waals surface area contributed by atoms with Crippen LogP contribution in [0.2, 0.25) is 0 Å². The molecule has 0 aromatic rings. The Hall–Kier alpha value is -2.44. The highest BCUT2D eigenvalue weighted by molar-refractivity contribution is 5.77. The third kappa shape index (κ3) is 32.7. The molecule has 3 atom stereocenters. The third-order valence-electron chi connectivity index (χ3n) is 8.91. The summed E-state index contributed by atoms with van der Waals surface area (Å²) in [5.74, 6) is -0.549. The summed E-state index contributed by atoms with van der Waals surface area (Å²) < 4.78 is 5.83. The Balaban J connectivity index is 4.64. The number of amides is 1. The fraction of sp³-hybridized carbons (Fsp3) is 0.727. The Kier molecular flexibility index (Phi) is 36.0. The lowest BCUT2D eigenvalue weighted by atomic mass is 10.0. The summed E-state index contributed by atoms with van der Waals surface area (Å²) >= 11 is 0. The second-order valence-electron chi connectivity index (χ2n) is 13.7. The number of aliphatic hydroxyl groups excluding tert-OH is 2. The van der Waals surface area contributed by atoms with Gasteiger partial charge in [-0.3, -0.25) is 9.59 Å². The second kappa shape index (κ2) is 37.8. The molecule has 0 aromatic heterocycles. The van der Waals surface area contributed by atoms with Gasteiger partial charge in [-0.2, -0.15) is 0 Å². The fourth-order valence-corrected chi connectivity index (χ4v) is 5.79. The smallest absolute Gasteiger partial charge is 0.306 e. The van der Waals surface area contributed by atoms with Gasteiger partial charge in [-0.15, -0.1) is 0 Å². The molecule has 0 aliphatic rings. The van der Waals surface area contributed by atoms with E-state index in [2.05, 4.69) is 56.5 Å². The quantitative estimate of drug-likeness (QED) is 0.0265. The van der Waals surface area contributed by atoms with Crippen LogP contribution in [0.4, 0.5) is 0 Å². The predicted molar refractivity (Wildman–Crippen MR) is 213 cm³/mol. The Labute approximate surface area is 308 Å². The minimum Gasteiger partial charge on any atom is -0.462 e. The van der Waals surface area contributed by atoms with E-state index in [1.54, 1.807) is 0 Å². The van der Waals surface area contributed by atoms with E-state index in [0.29, 0.717) is 19.3 Å². The molecule has 6 nitrogen and oxygen atoms in total. The number of allylic oxidation sites excluding steroid dienone is 10. The molecule has 0 spiro atoms. The highest BCUT2D eigenvalue weighted by Gasteiger charge is 2.24. The van der Waals surface area contributed by atoms with E-state index in [9.17, 15) is 19.8 Å². The van der Waals surface area contributed by atoms with Crippen LogP contribution >= 0.6 is 0 Å². The van der Waals surface area contributed by atoms with Crippen LogP contribution in [-0.4, -0.2) is 46.9 Å². The molecule has 0 aliphatic carbocycles. The van der Waals surface area contributed by atoms with Crippen LogP contribution in [0.5, 0.6) is 0 Å². The molecular formula is C44H77NO5. The first kappa shape index (κ1) is 47.6. The molecule has 0 saturated heterocycles. The maximum absolute atomic E-state index is 13.0. The number of unbranched alkanes of at least 4 members (excludes halogenated alkanes) is 16. The maximum atomic E-state index is 13.0. The number of carbonyl (C=O) groups is 2. The molecule has 1 amide bonds. The van der Waals surface area contributed by atoms with Gasteiger partial charge in [0.15, 0.2) is 0 Å². The van der Waals surface area contributed by atoms with Crippen molar-refractivity contribution in [2.24, 2.45) is 0 Å². The third-order valence-corrected chi connectivity index (χ3v) is 8.91. The zero-order valence-electron chi connectivity index (χ0n) is 32.5. The lowest BCUT2D eigenvalue weighted by molar-refractivity contribution is -0.151. The van der Waals surface area contributed by atoms with Crippen LogP contribution in [-0.2, 0) is 14.3 Å². The van der Waals surface area contributed by atoms with Gasteiger partial charge in [-0.25, -0.2) is 0 Å². The Morgan fingerprint density at radius 1 is 0.600 bits per heavy atom. The molecular weight excluding hydrogens is 622 g/mol. The molecule has 0 heterocycles. The first-order valence-electron chi connectivity index (χ1n) is 20.6. The van der Waals surface area contributed by atoms with Crippen molar-refractivity contribution < 1.29 is 24.5 Å². The fourth-order valence-electron chi connectivity index (χ4n) is 5.79. The average molecular weight is 700 g/mol. The summed E-state index contributed by atoms with van der Waals surface area (Å²) in [6.45, 7) is 6.21. The summed E-state index contributed by atoms with van der Waals surface area (Å²) in [5, 5.41) is 23.5. The van der Waals surface area contributed by atoms with E-state index < -0.39 is 18.2 Å². The van der Waals surface area contributed by atoms with E-state index in [0.717, 1.165) is 89.9 Å². The standard InChI is InChI=1S/C44H77NO5/c1-4-7-10-13-16-19-21-22-23-25-28-31-34-37-44(49)50-40(35-32-29-26-18-15-12-9-6-3)38-43(48)45-41(39-46)42(47)36-33-30-27-24-20-17-14-11-8-5-2/h7,10,12-13,15-16,19,21-23,40-42,46-47H,4-6,8-9,11,14,17-18,20,24-39H2,1-3H3,(H,45,48)/b10-7+,15-12-,16-13+,21-19-,23-22-. The molecule has 0 rings (SSSR count). The van der Waals surface area contributed by atoms with Crippen LogP contribution in [0.1, 0.15) is 181 Å². The predicted octanol–water partition coefficient (Wildman–Crippen LogP) is 11.3. The van der Waals surface area contributed by atoms with E-state index in [-0.39, 0.29) is 24.9 Å². The normalized spacial score (nSPS) is 14.1. The highest BCUT2D eigenvalue weighted by Crippen LogP contribution is 2.16. The second-order valence-corrected chi connectivity index (χ2v) is 13.7. The number of rotatable bonds is 35. The number of esters is 1. The number of hydrogen-bond acceptors (Lipinski definition) is 5. The van der Waals surface area contributed by atoms with Gasteiger partial charge in [-0.1, -0.05) is 165 Å². The van der Waals surface area contributed by atoms with Gasteiger partial charge >= 0.3 is 5.97 Å². The van der Waals surface area contributed by atoms with Gasteiger partial charge in [-0.05, 0) is 64.2 Å². The highest BCUT2D eigenvalue weighted by atomic mass is 16.5. The van der Waals surface area contributed by atoms with Crippen LogP contribution in [0, 0.1) is 0 Å². The van der Waals surface area contributed by atoms with E-state index >= 15 is 0 Å². The minimum absolute atomic E-state index is 0.0476. The van der Waals surface area contributed by atoms with E-state index in [1.807, 2.05) is 30.4 Å². The summed E-state index contributed by atoms with van der Waals surface area (Å²) in [6, 6.07) is -0.712. The maximum Gasteiger partial charge on any atom is 0.306 e. The van der Waals surface area contributed by atoms with Crippen molar-refractivity contribution in [1.82, 2.24) is 5.32 Å². The minimum atomic E-state index is -0.796. The van der Waals surface area contributed by atoms with Crippen LogP contribution in [0.3, 0.4) is 0 Å². The van der Waals surface area contributed by atoms with E-state index in [1.165, 1.54) is 44.9 Å². The van der Waals surface area contributed by atoms with Crippen molar-refractivity contribution in [2.75, 3.05) is 6.61 Å². The molecule has 3 unspecified atom stereocenters. The van der Waals surface area contributed by atoms with E-state index in [4.69, 9.17) is 4.74 Å². The van der Waals surface area contributed by atoms with Crippen molar-refractivity contribution >= 4 is 11.9 Å². The average Bonchev–Trinajstić information content (AvgIpc) is 3.10. The lowest BCUT2D eigenvalue weighted by Crippen LogP contribution is -2.46. The summed E-state index contributed by atoms with van der Waals surface area (Å²) in [4.78, 5) is 25.8. The van der Waals surface area contributed by atoms with Gasteiger partial charge in [0.25, 0.3) is 0 Å². The van der Waals surface area contributed by atoms with Crippen LogP contribution in [0.25, 0.3) is 0 Å². The number of hydrogen-bond donors (Lipinski definition) is 3. The van der Waals surface area contributed by atoms with Gasteiger partial charge in [0.2, 0.25) is 5.91 Å². The first-order valence-corrected chi connectivity index (χ1v) is 20.6. The molecule has 0 bridgehead atoms. The summed E-state index contributed by atoms with van der Waals surface area (Å²) in [6.07, 6.45) is 44.3.